The Morgan fingerprint density at radius 1 is 0.392 bits per heavy atom. The van der Waals surface area contributed by atoms with Crippen LogP contribution in [0.1, 0.15) is 183 Å². The van der Waals surface area contributed by atoms with Crippen LogP contribution in [0.4, 0.5) is 71.8 Å². The lowest BCUT2D eigenvalue weighted by Gasteiger charge is -2.38. The Hall–Kier alpha value is -10.5. The number of hydrogen-bond donors (Lipinski definition) is 3. The summed E-state index contributed by atoms with van der Waals surface area (Å²) in [6.07, 6.45) is -6.46. The number of nitrogens with one attached hydrogen (secondary N) is 1. The molecule has 0 aliphatic carbocycles. The molecule has 12 rings (SSSR count). The lowest BCUT2D eigenvalue weighted by molar-refractivity contribution is -0.171. The molecule has 0 atom stereocenters. The third-order valence-corrected chi connectivity index (χ3v) is 21.6. The van der Waals surface area contributed by atoms with Gasteiger partial charge in [-0.15, -0.1) is 0 Å². The van der Waals surface area contributed by atoms with E-state index >= 15 is 0 Å². The number of nitrogens with zero attached hydrogens (tertiary/aromatic N) is 10. The van der Waals surface area contributed by atoms with E-state index in [-0.39, 0.29) is 110 Å². The quantitative estimate of drug-likeness (QED) is 0.0457. The molecule has 8 aliphatic heterocycles. The fraction of sp³-hybridized carbons (Fsp3) is 0.602. The monoisotopic (exact) mass is 1760 g/mol. The van der Waals surface area contributed by atoms with Gasteiger partial charge in [-0.3, -0.25) is 33.6 Å². The van der Waals surface area contributed by atoms with Crippen molar-refractivity contribution >= 4 is 111 Å². The van der Waals surface area contributed by atoms with Crippen LogP contribution in [0.5, 0.6) is 0 Å². The standard InChI is InChI=1S/C24H32F3N3O5.C22H33N3O4.C20H24F3N3O5.C17H25N3O3.C5H8O2/c1-16(31)28-9-11-29(12-10-28)18-5-6-19(21(32)35-23(2,3)4)20(15-18)30(22(33)24(25,26)27)17-7-13-34-14-8-17;1-16(26)24-9-11-25(12-10-24)18-5-6-19(21(27)29-22(2,3)4)20(15-18)23-17-7-13-28-14-8-17;1-13(27)24-6-8-25(9-7-24)15-2-3-16(18(28)29)17(12-15)26(19(30)20(21,22)23)14-4-10-31-11-5-14;1-12(21)19-7-9-20(10-8-19)13-5-6-14(15(18)11-13)16(22)23-17(2,3)4;6-5-1-3-7-4-2-5/h5-6,15,17H,7-14H2,1-4H3;5-6,15,17,23H,7-14H2,1-4H3;2-3,12,14H,4-11H2,1H3,(H,28,29);5-6,11H,7-10,18H2,1-4H3;1-4H2. The molecule has 0 bridgehead atoms. The minimum atomic E-state index is -5.16. The Labute approximate surface area is 726 Å². The van der Waals surface area contributed by atoms with E-state index in [1.165, 1.54) is 44.2 Å². The number of carboxylic acid groups (broad SMARTS) is 1. The first kappa shape index (κ1) is 99.9. The number of carbonyl (C=O) groups excluding carboxylic acids is 10. The number of amides is 6. The van der Waals surface area contributed by atoms with E-state index in [9.17, 15) is 84.2 Å². The molecule has 0 aromatic heterocycles. The number of benzene rings is 4. The van der Waals surface area contributed by atoms with Crippen molar-refractivity contribution in [3.8, 4) is 0 Å². The van der Waals surface area contributed by atoms with Gasteiger partial charge in [-0.25, -0.2) is 19.2 Å². The van der Waals surface area contributed by atoms with Gasteiger partial charge >= 0.3 is 48.0 Å². The zero-order valence-electron chi connectivity index (χ0n) is 73.9. The van der Waals surface area contributed by atoms with Gasteiger partial charge in [-0.2, -0.15) is 26.3 Å². The second-order valence-corrected chi connectivity index (χ2v) is 34.4. The third-order valence-electron chi connectivity index (χ3n) is 21.6. The number of rotatable bonds is 14. The maximum Gasteiger partial charge on any atom is 0.471 e. The van der Waals surface area contributed by atoms with Crippen molar-refractivity contribution in [1.29, 1.82) is 0 Å². The molecule has 4 aromatic rings. The number of ether oxygens (including phenoxy) is 7. The molecule has 125 heavy (non-hydrogen) atoms. The minimum absolute atomic E-state index is 0.0490. The minimum Gasteiger partial charge on any atom is -0.478 e. The lowest BCUT2D eigenvalue weighted by Crippen LogP contribution is -2.50. The molecule has 690 valence electrons. The van der Waals surface area contributed by atoms with Crippen molar-refractivity contribution in [2.24, 2.45) is 0 Å². The van der Waals surface area contributed by atoms with Crippen molar-refractivity contribution < 1.29 is 117 Å². The van der Waals surface area contributed by atoms with E-state index in [0.717, 1.165) is 69.3 Å². The smallest absolute Gasteiger partial charge is 0.471 e. The summed E-state index contributed by atoms with van der Waals surface area (Å²) < 4.78 is 119. The van der Waals surface area contributed by atoms with Crippen molar-refractivity contribution in [3.63, 3.8) is 0 Å². The van der Waals surface area contributed by atoms with Crippen LogP contribution in [-0.4, -0.2) is 295 Å². The molecule has 37 heteroatoms. The van der Waals surface area contributed by atoms with Gasteiger partial charge in [0.25, 0.3) is 0 Å². The Kier molecular flexibility index (Phi) is 35.6. The number of Topliss-reactive ketones (excluding diaryl/α,β-unsaturated/α-hetero) is 1. The van der Waals surface area contributed by atoms with Gasteiger partial charge in [0, 0.05) is 231 Å². The normalized spacial score (nSPS) is 17.9. The van der Waals surface area contributed by atoms with Crippen molar-refractivity contribution in [3.05, 3.63) is 95.1 Å². The van der Waals surface area contributed by atoms with E-state index in [4.69, 9.17) is 38.9 Å². The van der Waals surface area contributed by atoms with Gasteiger partial charge in [0.1, 0.15) is 22.6 Å². The predicted molar refractivity (Wildman–Crippen MR) is 458 cm³/mol. The zero-order valence-corrected chi connectivity index (χ0v) is 73.9. The Balaban J connectivity index is 0.000000202. The summed E-state index contributed by atoms with van der Waals surface area (Å²) in [5, 5.41) is 13.1. The first-order chi connectivity index (χ1) is 58.7. The molecular weight excluding hydrogens is 1640 g/mol. The molecular formula is C88H122F6N12O19. The summed E-state index contributed by atoms with van der Waals surface area (Å²) in [6, 6.07) is 18.4. The molecule has 8 aliphatic rings. The molecule has 6 amide bonds. The largest absolute Gasteiger partial charge is 0.478 e. The van der Waals surface area contributed by atoms with Crippen LogP contribution in [0.2, 0.25) is 0 Å². The molecule has 0 spiro atoms. The highest BCUT2D eigenvalue weighted by Crippen LogP contribution is 2.39. The first-order valence-corrected chi connectivity index (χ1v) is 42.3. The van der Waals surface area contributed by atoms with Crippen LogP contribution >= 0.6 is 0 Å². The van der Waals surface area contributed by atoms with Crippen LogP contribution < -0.4 is 40.4 Å². The summed E-state index contributed by atoms with van der Waals surface area (Å²) in [5.74, 6) is -6.66. The number of halogens is 6. The number of esters is 3. The lowest BCUT2D eigenvalue weighted by atomic mass is 10.0. The van der Waals surface area contributed by atoms with Crippen LogP contribution in [0.15, 0.2) is 72.8 Å². The Bertz CT molecular complexity index is 4380. The van der Waals surface area contributed by atoms with E-state index in [1.54, 1.807) is 62.6 Å². The Morgan fingerprint density at radius 3 is 0.976 bits per heavy atom. The first-order valence-electron chi connectivity index (χ1n) is 42.3. The molecule has 8 fully saturated rings. The van der Waals surface area contributed by atoms with Crippen LogP contribution in [0.25, 0.3) is 0 Å². The van der Waals surface area contributed by atoms with Gasteiger partial charge in [-0.05, 0) is 174 Å². The maximum absolute atomic E-state index is 13.7. The number of ketones is 1. The average molecular weight is 1770 g/mol. The highest BCUT2D eigenvalue weighted by atomic mass is 19.4. The molecule has 31 nitrogen and oxygen atoms in total. The van der Waals surface area contributed by atoms with E-state index in [2.05, 4.69) is 15.1 Å². The number of aromatic carboxylic acids is 1. The molecule has 0 saturated carbocycles. The number of piperazine rings is 4. The van der Waals surface area contributed by atoms with Crippen LogP contribution in [0, 0.1) is 0 Å². The second kappa shape index (κ2) is 44.6. The van der Waals surface area contributed by atoms with E-state index in [1.807, 2.05) is 85.4 Å². The average Bonchev–Trinajstić information content (AvgIpc) is 0.782. The van der Waals surface area contributed by atoms with Crippen molar-refractivity contribution in [2.75, 3.05) is 198 Å². The van der Waals surface area contributed by atoms with Crippen LogP contribution in [0.3, 0.4) is 0 Å². The van der Waals surface area contributed by atoms with Gasteiger partial charge in [-0.1, -0.05) is 0 Å². The SMILES string of the molecule is CC(=O)N1CCN(c2ccc(C(=O)O)c(N(C(=O)C(F)(F)F)C3CCOCC3)c2)CC1.CC(=O)N1CCN(c2ccc(C(=O)OC(C)(C)C)c(N(C(=O)C(F)(F)F)C3CCOCC3)c2)CC1.CC(=O)N1CCN(c2ccc(C(=O)OC(C)(C)C)c(N)c2)CC1.CC(=O)N1CCN(c2ccc(C(=O)OC(C)(C)C)c(NC3CCOCC3)c2)CC1.O=C1CCOCC1. The van der Waals surface area contributed by atoms with Crippen LogP contribution in [-0.2, 0) is 66.7 Å². The number of hydrogen-bond acceptors (Lipinski definition) is 24. The van der Waals surface area contributed by atoms with Gasteiger partial charge < -0.3 is 98.3 Å². The number of nitrogen functional groups attached to an aromatic ring is 1. The highest BCUT2D eigenvalue weighted by Gasteiger charge is 2.49. The fourth-order valence-electron chi connectivity index (χ4n) is 15.0. The van der Waals surface area contributed by atoms with E-state index in [0.29, 0.717) is 148 Å². The number of carboxylic acids is 1. The molecule has 4 aromatic carbocycles. The number of alkyl halides is 6. The number of carbonyl (C=O) groups is 11. The summed E-state index contributed by atoms with van der Waals surface area (Å²) in [5.41, 5.74) is 8.34. The van der Waals surface area contributed by atoms with Crippen molar-refractivity contribution in [1.82, 2.24) is 19.6 Å². The molecule has 0 radical (unpaired) electrons. The van der Waals surface area contributed by atoms with Crippen molar-refractivity contribution in [2.45, 2.75) is 189 Å². The number of nitrogens with two attached hydrogens (primary N) is 1. The topological polar surface area (TPSA) is 343 Å². The molecule has 4 N–H and O–H groups in total. The summed E-state index contributed by atoms with van der Waals surface area (Å²) >= 11 is 0. The Morgan fingerprint density at radius 2 is 0.672 bits per heavy atom. The molecule has 0 unspecified atom stereocenters. The fourth-order valence-corrected chi connectivity index (χ4v) is 15.0. The summed E-state index contributed by atoms with van der Waals surface area (Å²) in [7, 11) is 0. The highest BCUT2D eigenvalue weighted by molar-refractivity contribution is 6.07. The van der Waals surface area contributed by atoms with Gasteiger partial charge in [0.05, 0.1) is 52.5 Å². The predicted octanol–water partition coefficient (Wildman–Crippen LogP) is 10.7. The summed E-state index contributed by atoms with van der Waals surface area (Å²) in [4.78, 5) is 148. The zero-order chi connectivity index (χ0) is 92.1. The summed E-state index contributed by atoms with van der Waals surface area (Å²) in [6.45, 7) is 35.2. The maximum atomic E-state index is 13.7. The third kappa shape index (κ3) is 30.1. The molecule has 8 heterocycles. The van der Waals surface area contributed by atoms with Gasteiger partial charge in [0.15, 0.2) is 0 Å². The molecule has 8 saturated heterocycles. The second-order valence-electron chi connectivity index (χ2n) is 34.4. The van der Waals surface area contributed by atoms with E-state index < -0.39 is 71.0 Å². The van der Waals surface area contributed by atoms with Gasteiger partial charge in [0.2, 0.25) is 23.6 Å². The number of anilines is 8.